The monoisotopic (exact) mass is 216 g/mol. The van der Waals surface area contributed by atoms with Crippen LogP contribution in [-0.2, 0) is 5.75 Å². The van der Waals surface area contributed by atoms with Gasteiger partial charge in [0.1, 0.15) is 11.3 Å². The molecule has 0 spiro atoms. The number of carboxylic acids is 1. The number of hydrogen-bond acceptors (Lipinski definition) is 4. The molecule has 1 unspecified atom stereocenters. The van der Waals surface area contributed by atoms with E-state index >= 15 is 0 Å². The molecule has 4 nitrogen and oxygen atoms in total. The number of carboxylic acid groups (broad SMARTS) is 1. The lowest BCUT2D eigenvalue weighted by molar-refractivity contribution is 0.0695. The maximum Gasteiger partial charge on any atom is 0.339 e. The van der Waals surface area contributed by atoms with Crippen molar-refractivity contribution in [2.45, 2.75) is 17.9 Å². The highest BCUT2D eigenvalue weighted by Gasteiger charge is 2.13. The van der Waals surface area contributed by atoms with Crippen molar-refractivity contribution in [2.75, 3.05) is 6.61 Å². The first kappa shape index (κ1) is 11.1. The van der Waals surface area contributed by atoms with Crippen LogP contribution in [-0.4, -0.2) is 28.0 Å². The Bertz CT molecular complexity index is 308. The van der Waals surface area contributed by atoms with E-state index in [9.17, 15) is 4.79 Å². The van der Waals surface area contributed by atoms with E-state index in [1.54, 1.807) is 0 Å². The summed E-state index contributed by atoms with van der Waals surface area (Å²) in [4.78, 5) is 10.7. The van der Waals surface area contributed by atoms with E-state index < -0.39 is 5.97 Å². The minimum atomic E-state index is -0.981. The number of aliphatic hydroxyl groups excluding tert-OH is 1. The van der Waals surface area contributed by atoms with Gasteiger partial charge in [0.2, 0.25) is 0 Å². The summed E-state index contributed by atoms with van der Waals surface area (Å²) in [6.07, 6.45) is 1.36. The largest absolute Gasteiger partial charge is 0.478 e. The molecule has 0 fully saturated rings. The van der Waals surface area contributed by atoms with Crippen molar-refractivity contribution < 1.29 is 19.4 Å². The minimum Gasteiger partial charge on any atom is -0.478 e. The number of hydrogen-bond donors (Lipinski definition) is 2. The van der Waals surface area contributed by atoms with Crippen molar-refractivity contribution in [3.63, 3.8) is 0 Å². The second-order valence-corrected chi connectivity index (χ2v) is 4.29. The maximum absolute atomic E-state index is 10.7. The Morgan fingerprint density at radius 1 is 1.71 bits per heavy atom. The molecule has 14 heavy (non-hydrogen) atoms. The Hall–Kier alpha value is -0.940. The molecule has 0 saturated heterocycles. The third-order valence-electron chi connectivity index (χ3n) is 1.73. The Balaban J connectivity index is 2.58. The highest BCUT2D eigenvalue weighted by molar-refractivity contribution is 7.99. The van der Waals surface area contributed by atoms with E-state index in [0.717, 1.165) is 0 Å². The standard InChI is InChI=1S/C9H12O4S/c1-6(4-10)14-5-8-7(9(11)12)2-3-13-8/h2-3,6,10H,4-5H2,1H3,(H,11,12). The predicted molar refractivity (Wildman–Crippen MR) is 53.5 cm³/mol. The fraction of sp³-hybridized carbons (Fsp3) is 0.444. The fourth-order valence-corrected chi connectivity index (χ4v) is 1.68. The zero-order valence-electron chi connectivity index (χ0n) is 7.77. The average Bonchev–Trinajstić information content (AvgIpc) is 2.62. The summed E-state index contributed by atoms with van der Waals surface area (Å²) in [5.74, 6) is -0.0649. The van der Waals surface area contributed by atoms with Crippen LogP contribution in [0.2, 0.25) is 0 Å². The van der Waals surface area contributed by atoms with Crippen molar-refractivity contribution in [1.82, 2.24) is 0 Å². The topological polar surface area (TPSA) is 70.7 Å². The third kappa shape index (κ3) is 2.78. The van der Waals surface area contributed by atoms with Crippen LogP contribution in [0.15, 0.2) is 16.7 Å². The summed E-state index contributed by atoms with van der Waals surface area (Å²) in [5, 5.41) is 17.6. The molecular weight excluding hydrogens is 204 g/mol. The van der Waals surface area contributed by atoms with Gasteiger partial charge in [0, 0.05) is 5.25 Å². The lowest BCUT2D eigenvalue weighted by Crippen LogP contribution is -2.04. The number of rotatable bonds is 5. The van der Waals surface area contributed by atoms with Crippen LogP contribution < -0.4 is 0 Å². The molecule has 0 saturated carbocycles. The van der Waals surface area contributed by atoms with Gasteiger partial charge in [-0.2, -0.15) is 0 Å². The van der Waals surface area contributed by atoms with Gasteiger partial charge in [-0.25, -0.2) is 4.79 Å². The molecule has 1 aromatic rings. The molecular formula is C9H12O4S. The smallest absolute Gasteiger partial charge is 0.339 e. The highest BCUT2D eigenvalue weighted by Crippen LogP contribution is 2.21. The van der Waals surface area contributed by atoms with Crippen molar-refractivity contribution in [3.05, 3.63) is 23.7 Å². The van der Waals surface area contributed by atoms with Gasteiger partial charge in [-0.3, -0.25) is 0 Å². The molecule has 0 aliphatic heterocycles. The second kappa shape index (κ2) is 5.07. The van der Waals surface area contributed by atoms with Gasteiger partial charge in [0.25, 0.3) is 0 Å². The van der Waals surface area contributed by atoms with E-state index in [1.807, 2.05) is 6.92 Å². The lowest BCUT2D eigenvalue weighted by Gasteiger charge is -2.05. The van der Waals surface area contributed by atoms with Crippen molar-refractivity contribution >= 4 is 17.7 Å². The molecule has 1 rings (SSSR count). The molecule has 78 valence electrons. The van der Waals surface area contributed by atoms with Crippen molar-refractivity contribution in [3.8, 4) is 0 Å². The second-order valence-electron chi connectivity index (χ2n) is 2.87. The summed E-state index contributed by atoms with van der Waals surface area (Å²) < 4.78 is 5.04. The molecule has 1 atom stereocenters. The van der Waals surface area contributed by atoms with E-state index in [-0.39, 0.29) is 17.4 Å². The molecule has 0 aromatic carbocycles. The van der Waals surface area contributed by atoms with Gasteiger partial charge in [-0.1, -0.05) is 6.92 Å². The summed E-state index contributed by atoms with van der Waals surface area (Å²) >= 11 is 1.46. The predicted octanol–water partition coefficient (Wildman–Crippen LogP) is 1.59. The van der Waals surface area contributed by atoms with Crippen LogP contribution in [0.3, 0.4) is 0 Å². The van der Waals surface area contributed by atoms with E-state index in [4.69, 9.17) is 14.6 Å². The Labute approximate surface area is 85.9 Å². The summed E-state index contributed by atoms with van der Waals surface area (Å²) in [5.41, 5.74) is 0.197. The number of aliphatic hydroxyl groups is 1. The number of furan rings is 1. The zero-order chi connectivity index (χ0) is 10.6. The van der Waals surface area contributed by atoms with Gasteiger partial charge < -0.3 is 14.6 Å². The molecule has 1 aromatic heterocycles. The molecule has 0 aliphatic carbocycles. The molecule has 0 amide bonds. The first-order valence-electron chi connectivity index (χ1n) is 4.17. The average molecular weight is 216 g/mol. The number of aromatic carboxylic acids is 1. The maximum atomic E-state index is 10.7. The Kier molecular flexibility index (Phi) is 4.03. The first-order valence-corrected chi connectivity index (χ1v) is 5.22. The Morgan fingerprint density at radius 3 is 3.00 bits per heavy atom. The van der Waals surface area contributed by atoms with Crippen LogP contribution >= 0.6 is 11.8 Å². The van der Waals surface area contributed by atoms with Crippen LogP contribution in [0.25, 0.3) is 0 Å². The minimum absolute atomic E-state index is 0.0772. The van der Waals surface area contributed by atoms with Crippen LogP contribution in [0.5, 0.6) is 0 Å². The molecule has 1 heterocycles. The molecule has 0 bridgehead atoms. The van der Waals surface area contributed by atoms with Gasteiger partial charge in [0.15, 0.2) is 0 Å². The normalized spacial score (nSPS) is 12.7. The summed E-state index contributed by atoms with van der Waals surface area (Å²) in [6.45, 7) is 1.95. The van der Waals surface area contributed by atoms with Crippen LogP contribution in [0, 0.1) is 0 Å². The molecule has 5 heteroatoms. The van der Waals surface area contributed by atoms with E-state index in [0.29, 0.717) is 11.5 Å². The van der Waals surface area contributed by atoms with Crippen LogP contribution in [0.1, 0.15) is 23.0 Å². The van der Waals surface area contributed by atoms with E-state index in [1.165, 1.54) is 24.1 Å². The van der Waals surface area contributed by atoms with E-state index in [2.05, 4.69) is 0 Å². The fourth-order valence-electron chi connectivity index (χ4n) is 0.914. The lowest BCUT2D eigenvalue weighted by atomic mass is 10.3. The van der Waals surface area contributed by atoms with Gasteiger partial charge >= 0.3 is 5.97 Å². The molecule has 0 aliphatic rings. The quantitative estimate of drug-likeness (QED) is 0.782. The van der Waals surface area contributed by atoms with Crippen molar-refractivity contribution in [1.29, 1.82) is 0 Å². The number of thioether (sulfide) groups is 1. The van der Waals surface area contributed by atoms with Gasteiger partial charge in [-0.05, 0) is 6.07 Å². The van der Waals surface area contributed by atoms with Gasteiger partial charge in [0.05, 0.1) is 18.6 Å². The summed E-state index contributed by atoms with van der Waals surface area (Å²) in [7, 11) is 0. The van der Waals surface area contributed by atoms with Crippen LogP contribution in [0.4, 0.5) is 0 Å². The third-order valence-corrected chi connectivity index (χ3v) is 2.88. The number of carbonyl (C=O) groups is 1. The summed E-state index contributed by atoms with van der Waals surface area (Å²) in [6, 6.07) is 1.43. The molecule has 2 N–H and O–H groups in total. The Morgan fingerprint density at radius 2 is 2.43 bits per heavy atom. The molecule has 0 radical (unpaired) electrons. The van der Waals surface area contributed by atoms with Gasteiger partial charge in [-0.15, -0.1) is 11.8 Å². The first-order chi connectivity index (χ1) is 6.65. The zero-order valence-corrected chi connectivity index (χ0v) is 8.58. The van der Waals surface area contributed by atoms with Crippen molar-refractivity contribution in [2.24, 2.45) is 0 Å². The highest BCUT2D eigenvalue weighted by atomic mass is 32.2. The SMILES string of the molecule is CC(CO)SCc1occc1C(=O)O.